The lowest BCUT2D eigenvalue weighted by Gasteiger charge is -2.39. The summed E-state index contributed by atoms with van der Waals surface area (Å²) in [5.41, 5.74) is 1.30. The molecule has 6 heteroatoms. The van der Waals surface area contributed by atoms with E-state index in [4.69, 9.17) is 16.3 Å². The number of fused-ring (bicyclic) bond motifs is 1. The van der Waals surface area contributed by atoms with Crippen molar-refractivity contribution in [1.29, 1.82) is 0 Å². The highest BCUT2D eigenvalue weighted by Gasteiger charge is 2.54. The zero-order valence-corrected chi connectivity index (χ0v) is 16.8. The summed E-state index contributed by atoms with van der Waals surface area (Å²) < 4.78 is 6.20. The van der Waals surface area contributed by atoms with E-state index in [1.54, 1.807) is 23.2 Å². The van der Waals surface area contributed by atoms with Gasteiger partial charge in [0, 0.05) is 11.6 Å². The van der Waals surface area contributed by atoms with Crippen LogP contribution in [-0.4, -0.2) is 28.2 Å². The Morgan fingerprint density at radius 1 is 1.07 bits per heavy atom. The van der Waals surface area contributed by atoms with Crippen LogP contribution in [0.1, 0.15) is 31.4 Å². The molecular formula is C23H21ClN2O3. The first-order valence-electron chi connectivity index (χ1n) is 9.95. The molecule has 5 nitrogen and oxygen atoms in total. The lowest BCUT2D eigenvalue weighted by Crippen LogP contribution is -2.44. The number of ketones is 1. The molecule has 1 aromatic carbocycles. The summed E-state index contributed by atoms with van der Waals surface area (Å²) in [4.78, 5) is 33.0. The first kappa shape index (κ1) is 18.4. The third-order valence-electron chi connectivity index (χ3n) is 6.22. The van der Waals surface area contributed by atoms with E-state index in [9.17, 15) is 9.59 Å². The molecule has 2 aliphatic heterocycles. The Balaban J connectivity index is 1.63. The van der Waals surface area contributed by atoms with Crippen LogP contribution >= 0.6 is 11.6 Å². The summed E-state index contributed by atoms with van der Waals surface area (Å²) in [6.45, 7) is 2.06. The van der Waals surface area contributed by atoms with Gasteiger partial charge in [-0.25, -0.2) is 4.98 Å². The van der Waals surface area contributed by atoms with Crippen molar-refractivity contribution in [2.75, 3.05) is 4.90 Å². The highest BCUT2D eigenvalue weighted by molar-refractivity contribution is 6.21. The van der Waals surface area contributed by atoms with E-state index in [0.29, 0.717) is 24.2 Å². The molecule has 29 heavy (non-hydrogen) atoms. The molecule has 0 radical (unpaired) electrons. The zero-order chi connectivity index (χ0) is 20.1. The van der Waals surface area contributed by atoms with Crippen molar-refractivity contribution >= 4 is 29.1 Å². The Bertz CT molecular complexity index is 992. The number of benzene rings is 1. The molecule has 148 valence electrons. The van der Waals surface area contributed by atoms with Crippen molar-refractivity contribution in [1.82, 2.24) is 4.98 Å². The van der Waals surface area contributed by atoms with Gasteiger partial charge in [0.25, 0.3) is 5.91 Å². The normalized spacial score (nSPS) is 31.4. The minimum Gasteiger partial charge on any atom is -0.483 e. The number of amides is 1. The number of hydrogen-bond donors (Lipinski definition) is 0. The number of Topliss-reactive ketones (excluding diaryl/α,β-unsaturated/α-hetero) is 1. The van der Waals surface area contributed by atoms with Crippen molar-refractivity contribution in [3.63, 3.8) is 0 Å². The molecule has 2 aromatic rings. The highest BCUT2D eigenvalue weighted by atomic mass is 35.5. The number of ether oxygens (including phenoxy) is 1. The van der Waals surface area contributed by atoms with Crippen molar-refractivity contribution in [2.24, 2.45) is 11.8 Å². The fourth-order valence-corrected chi connectivity index (χ4v) is 5.00. The van der Waals surface area contributed by atoms with Gasteiger partial charge >= 0.3 is 0 Å². The van der Waals surface area contributed by atoms with E-state index in [-0.39, 0.29) is 40.8 Å². The van der Waals surface area contributed by atoms with Crippen molar-refractivity contribution in [2.45, 2.75) is 37.3 Å². The lowest BCUT2D eigenvalue weighted by atomic mass is 9.74. The third kappa shape index (κ3) is 2.87. The average molecular weight is 409 g/mol. The van der Waals surface area contributed by atoms with Gasteiger partial charge in [0.1, 0.15) is 11.9 Å². The second-order valence-corrected chi connectivity index (χ2v) is 8.57. The minimum atomic E-state index is -0.546. The fourth-order valence-electron chi connectivity index (χ4n) is 4.70. The molecule has 5 atom stereocenters. The number of carbonyl (C=O) groups excluding carboxylic acids is 2. The minimum absolute atomic E-state index is 0.0190. The Kier molecular flexibility index (Phi) is 4.43. The van der Waals surface area contributed by atoms with E-state index < -0.39 is 6.04 Å². The molecule has 1 aliphatic carbocycles. The van der Waals surface area contributed by atoms with Gasteiger partial charge < -0.3 is 4.74 Å². The molecule has 5 rings (SSSR count). The molecule has 3 heterocycles. The summed E-state index contributed by atoms with van der Waals surface area (Å²) in [5.74, 6) is 0.283. The van der Waals surface area contributed by atoms with Crippen LogP contribution in [0.3, 0.4) is 0 Å². The average Bonchev–Trinajstić information content (AvgIpc) is 3.04. The SMILES string of the molecule is CC1CC2OC3=C(C(=O)C2CC1Cl)C(c1ccccc1)N(c1ccccn1)C3=O. The molecule has 0 saturated heterocycles. The predicted molar refractivity (Wildman–Crippen MR) is 109 cm³/mol. The van der Waals surface area contributed by atoms with Gasteiger partial charge in [0.2, 0.25) is 0 Å². The molecule has 1 amide bonds. The van der Waals surface area contributed by atoms with Crippen molar-refractivity contribution in [3.8, 4) is 0 Å². The van der Waals surface area contributed by atoms with E-state index in [1.165, 1.54) is 0 Å². The maximum atomic E-state index is 13.6. The van der Waals surface area contributed by atoms with Gasteiger partial charge in [0.15, 0.2) is 11.5 Å². The maximum Gasteiger partial charge on any atom is 0.295 e. The smallest absolute Gasteiger partial charge is 0.295 e. The largest absolute Gasteiger partial charge is 0.483 e. The number of anilines is 1. The van der Waals surface area contributed by atoms with Crippen molar-refractivity contribution in [3.05, 3.63) is 71.6 Å². The number of alkyl halides is 1. The van der Waals surface area contributed by atoms with Gasteiger partial charge in [-0.15, -0.1) is 11.6 Å². The highest BCUT2D eigenvalue weighted by Crippen LogP contribution is 2.49. The molecule has 3 aliphatic rings. The number of aromatic nitrogens is 1. The molecule has 1 saturated carbocycles. The van der Waals surface area contributed by atoms with Crippen LogP contribution in [0.5, 0.6) is 0 Å². The Labute approximate surface area is 174 Å². The van der Waals surface area contributed by atoms with Crippen LogP contribution in [0.25, 0.3) is 0 Å². The number of pyridine rings is 1. The van der Waals surface area contributed by atoms with Gasteiger partial charge in [-0.05, 0) is 36.5 Å². The second-order valence-electron chi connectivity index (χ2n) is 8.01. The Morgan fingerprint density at radius 3 is 2.55 bits per heavy atom. The maximum absolute atomic E-state index is 13.6. The molecule has 0 spiro atoms. The molecule has 5 unspecified atom stereocenters. The summed E-state index contributed by atoms with van der Waals surface area (Å²) >= 11 is 6.49. The number of hydrogen-bond acceptors (Lipinski definition) is 4. The zero-order valence-electron chi connectivity index (χ0n) is 16.0. The summed E-state index contributed by atoms with van der Waals surface area (Å²) in [5, 5.41) is -0.0647. The van der Waals surface area contributed by atoms with Gasteiger partial charge in [-0.1, -0.05) is 43.3 Å². The first-order valence-corrected chi connectivity index (χ1v) is 10.4. The second kappa shape index (κ2) is 6.99. The molecule has 0 bridgehead atoms. The van der Waals surface area contributed by atoms with E-state index >= 15 is 0 Å². The molecular weight excluding hydrogens is 388 g/mol. The monoisotopic (exact) mass is 408 g/mol. The van der Waals surface area contributed by atoms with Gasteiger partial charge in [0.05, 0.1) is 17.5 Å². The number of carbonyl (C=O) groups is 2. The molecule has 1 fully saturated rings. The Morgan fingerprint density at radius 2 is 1.83 bits per heavy atom. The van der Waals surface area contributed by atoms with Crippen LogP contribution in [0.15, 0.2) is 66.1 Å². The standard InChI is InChI=1S/C23H21ClN2O3/c1-13-11-17-15(12-16(13)24)21(27)19-20(14-7-3-2-4-8-14)26(23(28)22(19)29-17)18-9-5-6-10-25-18/h2-10,13,15-17,20H,11-12H2,1H3. The molecule has 1 aromatic heterocycles. The predicted octanol–water partition coefficient (Wildman–Crippen LogP) is 4.05. The quantitative estimate of drug-likeness (QED) is 0.703. The van der Waals surface area contributed by atoms with Crippen LogP contribution < -0.4 is 4.90 Å². The summed E-state index contributed by atoms with van der Waals surface area (Å²) in [6, 6.07) is 14.4. The van der Waals surface area contributed by atoms with E-state index in [2.05, 4.69) is 11.9 Å². The number of halogens is 1. The van der Waals surface area contributed by atoms with Crippen LogP contribution in [0, 0.1) is 11.8 Å². The Hall–Kier alpha value is -2.66. The van der Waals surface area contributed by atoms with Gasteiger partial charge in [-0.2, -0.15) is 0 Å². The van der Waals surface area contributed by atoms with E-state index in [0.717, 1.165) is 5.56 Å². The van der Waals surface area contributed by atoms with Crippen molar-refractivity contribution < 1.29 is 14.3 Å². The molecule has 0 N–H and O–H groups in total. The summed E-state index contributed by atoms with van der Waals surface area (Å²) in [6.07, 6.45) is 2.59. The third-order valence-corrected chi connectivity index (χ3v) is 6.83. The topological polar surface area (TPSA) is 59.5 Å². The van der Waals surface area contributed by atoms with Crippen LogP contribution in [-0.2, 0) is 14.3 Å². The van der Waals surface area contributed by atoms with E-state index in [1.807, 2.05) is 36.4 Å². The number of nitrogens with zero attached hydrogens (tertiary/aromatic N) is 2. The number of rotatable bonds is 2. The van der Waals surface area contributed by atoms with Crippen LogP contribution in [0.2, 0.25) is 0 Å². The first-order chi connectivity index (χ1) is 14.1. The lowest BCUT2D eigenvalue weighted by molar-refractivity contribution is -0.132. The van der Waals surface area contributed by atoms with Gasteiger partial charge in [-0.3, -0.25) is 14.5 Å². The van der Waals surface area contributed by atoms with Crippen LogP contribution in [0.4, 0.5) is 5.82 Å². The summed E-state index contributed by atoms with van der Waals surface area (Å²) in [7, 11) is 0. The fraction of sp³-hybridized carbons (Fsp3) is 0.348.